The molecule has 1 fully saturated rings. The normalized spacial score (nSPS) is 16.7. The van der Waals surface area contributed by atoms with Gasteiger partial charge in [0.15, 0.2) is 5.78 Å². The molecule has 0 aromatic heterocycles. The zero-order valence-electron chi connectivity index (χ0n) is 15.9. The third-order valence-corrected chi connectivity index (χ3v) is 4.93. The van der Waals surface area contributed by atoms with Gasteiger partial charge < -0.3 is 10.2 Å². The van der Waals surface area contributed by atoms with Gasteiger partial charge in [0.2, 0.25) is 11.8 Å². The van der Waals surface area contributed by atoms with Crippen molar-refractivity contribution in [1.29, 1.82) is 0 Å². The van der Waals surface area contributed by atoms with E-state index >= 15 is 0 Å². The van der Waals surface area contributed by atoms with E-state index < -0.39 is 5.92 Å². The standard InChI is InChI=1S/C22H24N2O3/c1-14(2)16-4-8-19(9-5-16)23-22(27)18-12-21(26)24(13-18)20-10-6-17(7-11-20)15(3)25/h4-11,14,18H,12-13H2,1-3H3,(H,23,27). The Morgan fingerprint density at radius 1 is 1.04 bits per heavy atom. The maximum atomic E-state index is 12.6. The van der Waals surface area contributed by atoms with Crippen molar-refractivity contribution in [3.8, 4) is 0 Å². The molecule has 1 aliphatic rings. The Hall–Kier alpha value is -2.95. The van der Waals surface area contributed by atoms with Crippen molar-refractivity contribution in [1.82, 2.24) is 0 Å². The van der Waals surface area contributed by atoms with Crippen LogP contribution in [0.4, 0.5) is 11.4 Å². The number of rotatable bonds is 5. The van der Waals surface area contributed by atoms with Crippen molar-refractivity contribution in [2.24, 2.45) is 5.92 Å². The minimum Gasteiger partial charge on any atom is -0.326 e. The summed E-state index contributed by atoms with van der Waals surface area (Å²) in [5.41, 5.74) is 3.26. The fraction of sp³-hybridized carbons (Fsp3) is 0.318. The SMILES string of the molecule is CC(=O)c1ccc(N2CC(C(=O)Nc3ccc(C(C)C)cc3)CC2=O)cc1. The van der Waals surface area contributed by atoms with Crippen molar-refractivity contribution in [3.05, 3.63) is 59.7 Å². The zero-order valence-corrected chi connectivity index (χ0v) is 15.9. The second kappa shape index (κ2) is 7.74. The number of nitrogens with one attached hydrogen (secondary N) is 1. The van der Waals surface area contributed by atoms with Crippen LogP contribution in [0.15, 0.2) is 48.5 Å². The molecule has 1 N–H and O–H groups in total. The first-order valence-corrected chi connectivity index (χ1v) is 9.17. The van der Waals surface area contributed by atoms with Gasteiger partial charge >= 0.3 is 0 Å². The van der Waals surface area contributed by atoms with Gasteiger partial charge in [-0.05, 0) is 54.8 Å². The molecule has 5 nitrogen and oxygen atoms in total. The van der Waals surface area contributed by atoms with E-state index in [4.69, 9.17) is 0 Å². The van der Waals surface area contributed by atoms with Crippen molar-refractivity contribution in [3.63, 3.8) is 0 Å². The number of nitrogens with zero attached hydrogens (tertiary/aromatic N) is 1. The van der Waals surface area contributed by atoms with E-state index in [1.807, 2.05) is 24.3 Å². The summed E-state index contributed by atoms with van der Waals surface area (Å²) in [5.74, 6) is -0.209. The molecule has 27 heavy (non-hydrogen) atoms. The lowest BCUT2D eigenvalue weighted by molar-refractivity contribution is -0.122. The van der Waals surface area contributed by atoms with E-state index in [-0.39, 0.29) is 24.0 Å². The summed E-state index contributed by atoms with van der Waals surface area (Å²) in [6.07, 6.45) is 0.185. The molecule has 0 spiro atoms. The second-order valence-corrected chi connectivity index (χ2v) is 7.27. The topological polar surface area (TPSA) is 66.5 Å². The van der Waals surface area contributed by atoms with Crippen LogP contribution in [0.5, 0.6) is 0 Å². The highest BCUT2D eigenvalue weighted by molar-refractivity contribution is 6.03. The first-order chi connectivity index (χ1) is 12.8. The number of anilines is 2. The molecule has 2 amide bonds. The molecule has 0 saturated carbocycles. The lowest BCUT2D eigenvalue weighted by atomic mass is 10.0. The minimum absolute atomic E-state index is 0.0185. The van der Waals surface area contributed by atoms with Crippen LogP contribution in [-0.4, -0.2) is 24.1 Å². The highest BCUT2D eigenvalue weighted by Gasteiger charge is 2.35. The first-order valence-electron chi connectivity index (χ1n) is 9.17. The Bertz CT molecular complexity index is 854. The molecule has 0 bridgehead atoms. The number of ketones is 1. The number of carbonyl (C=O) groups excluding carboxylic acids is 3. The number of Topliss-reactive ketones (excluding diaryl/α,β-unsaturated/α-hetero) is 1. The van der Waals surface area contributed by atoms with E-state index in [0.29, 0.717) is 23.7 Å². The summed E-state index contributed by atoms with van der Waals surface area (Å²) in [4.78, 5) is 37.9. The number of hydrogen-bond acceptors (Lipinski definition) is 3. The second-order valence-electron chi connectivity index (χ2n) is 7.27. The number of hydrogen-bond donors (Lipinski definition) is 1. The molecule has 1 heterocycles. The van der Waals surface area contributed by atoms with Crippen LogP contribution in [0, 0.1) is 5.92 Å². The van der Waals surface area contributed by atoms with Gasteiger partial charge in [-0.15, -0.1) is 0 Å². The first kappa shape index (κ1) is 18.8. The number of amides is 2. The summed E-state index contributed by atoms with van der Waals surface area (Å²) in [6.45, 7) is 6.09. The maximum absolute atomic E-state index is 12.6. The van der Waals surface area contributed by atoms with Crippen LogP contribution in [0.1, 0.15) is 49.0 Å². The third-order valence-electron chi connectivity index (χ3n) is 4.93. The van der Waals surface area contributed by atoms with Gasteiger partial charge in [0.1, 0.15) is 0 Å². The lowest BCUT2D eigenvalue weighted by Crippen LogP contribution is -2.28. The Morgan fingerprint density at radius 2 is 1.67 bits per heavy atom. The minimum atomic E-state index is -0.394. The van der Waals surface area contributed by atoms with E-state index in [9.17, 15) is 14.4 Å². The van der Waals surface area contributed by atoms with Crippen LogP contribution >= 0.6 is 0 Å². The predicted molar refractivity (Wildman–Crippen MR) is 106 cm³/mol. The molecule has 1 unspecified atom stereocenters. The molecule has 5 heteroatoms. The van der Waals surface area contributed by atoms with Crippen molar-refractivity contribution >= 4 is 29.0 Å². The van der Waals surface area contributed by atoms with Crippen LogP contribution in [0.2, 0.25) is 0 Å². The van der Waals surface area contributed by atoms with Gasteiger partial charge in [0, 0.05) is 29.9 Å². The van der Waals surface area contributed by atoms with Crippen molar-refractivity contribution in [2.75, 3.05) is 16.8 Å². The average Bonchev–Trinajstić information content (AvgIpc) is 3.04. The van der Waals surface area contributed by atoms with Crippen LogP contribution in [0.25, 0.3) is 0 Å². The fourth-order valence-electron chi connectivity index (χ4n) is 3.20. The smallest absolute Gasteiger partial charge is 0.229 e. The Morgan fingerprint density at radius 3 is 2.22 bits per heavy atom. The quantitative estimate of drug-likeness (QED) is 0.816. The van der Waals surface area contributed by atoms with Gasteiger partial charge in [-0.2, -0.15) is 0 Å². The van der Waals surface area contributed by atoms with Crippen molar-refractivity contribution in [2.45, 2.75) is 33.1 Å². The maximum Gasteiger partial charge on any atom is 0.229 e. The van der Waals surface area contributed by atoms with Crippen LogP contribution in [0.3, 0.4) is 0 Å². The Labute approximate surface area is 159 Å². The van der Waals surface area contributed by atoms with E-state index in [1.165, 1.54) is 12.5 Å². The average molecular weight is 364 g/mol. The molecule has 0 aliphatic carbocycles. The van der Waals surface area contributed by atoms with Gasteiger partial charge in [0.25, 0.3) is 0 Å². The molecule has 1 aliphatic heterocycles. The van der Waals surface area contributed by atoms with Crippen LogP contribution in [-0.2, 0) is 9.59 Å². The zero-order chi connectivity index (χ0) is 19.6. The summed E-state index contributed by atoms with van der Waals surface area (Å²) in [6, 6.07) is 14.7. The van der Waals surface area contributed by atoms with Crippen LogP contribution < -0.4 is 10.2 Å². The van der Waals surface area contributed by atoms with E-state index in [1.54, 1.807) is 29.2 Å². The molecule has 2 aromatic carbocycles. The summed E-state index contributed by atoms with van der Waals surface area (Å²) < 4.78 is 0. The highest BCUT2D eigenvalue weighted by Crippen LogP contribution is 2.27. The molecule has 1 saturated heterocycles. The van der Waals surface area contributed by atoms with Gasteiger partial charge in [-0.1, -0.05) is 26.0 Å². The molecule has 3 rings (SSSR count). The highest BCUT2D eigenvalue weighted by atomic mass is 16.2. The van der Waals surface area contributed by atoms with Crippen molar-refractivity contribution < 1.29 is 14.4 Å². The third kappa shape index (κ3) is 4.25. The predicted octanol–water partition coefficient (Wildman–Crippen LogP) is 4.00. The van der Waals surface area contributed by atoms with E-state index in [0.717, 1.165) is 5.69 Å². The summed E-state index contributed by atoms with van der Waals surface area (Å²) >= 11 is 0. The van der Waals surface area contributed by atoms with Gasteiger partial charge in [-0.25, -0.2) is 0 Å². The molecule has 140 valence electrons. The molecular formula is C22H24N2O3. The number of benzene rings is 2. The number of carbonyl (C=O) groups is 3. The summed E-state index contributed by atoms with van der Waals surface area (Å²) in [7, 11) is 0. The monoisotopic (exact) mass is 364 g/mol. The van der Waals surface area contributed by atoms with Gasteiger partial charge in [0.05, 0.1) is 5.92 Å². The van der Waals surface area contributed by atoms with E-state index in [2.05, 4.69) is 19.2 Å². The molecular weight excluding hydrogens is 340 g/mol. The largest absolute Gasteiger partial charge is 0.326 e. The summed E-state index contributed by atoms with van der Waals surface area (Å²) in [5, 5.41) is 2.90. The molecule has 2 aromatic rings. The van der Waals surface area contributed by atoms with Gasteiger partial charge in [-0.3, -0.25) is 14.4 Å². The Kier molecular flexibility index (Phi) is 5.40. The fourth-order valence-corrected chi connectivity index (χ4v) is 3.20. The molecule has 1 atom stereocenters. The Balaban J connectivity index is 1.65. The molecule has 0 radical (unpaired) electrons. The lowest BCUT2D eigenvalue weighted by Gasteiger charge is -2.17.